The predicted octanol–water partition coefficient (Wildman–Crippen LogP) is 2.70. The monoisotopic (exact) mass is 250 g/mol. The summed E-state index contributed by atoms with van der Waals surface area (Å²) in [5.74, 6) is -1.01. The van der Waals surface area contributed by atoms with Gasteiger partial charge in [-0.25, -0.2) is 4.79 Å². The molecule has 0 aliphatic rings. The molecule has 0 amide bonds. The smallest absolute Gasteiger partial charge is 0.348 e. The molecule has 6 heteroatoms. The topological polar surface area (TPSA) is 52.6 Å². The molecule has 0 aliphatic carbocycles. The van der Waals surface area contributed by atoms with E-state index in [1.165, 1.54) is 6.92 Å². The lowest BCUT2D eigenvalue weighted by molar-refractivity contribution is -0.131. The first-order valence-corrected chi connectivity index (χ1v) is 4.40. The molecule has 0 saturated carbocycles. The van der Waals surface area contributed by atoms with Gasteiger partial charge in [-0.15, -0.1) is 0 Å². The van der Waals surface area contributed by atoms with Gasteiger partial charge in [-0.05, 0) is 12.1 Å². The number of benzene rings is 1. The Morgan fingerprint density at radius 3 is 1.87 bits per heavy atom. The molecule has 1 aromatic rings. The van der Waals surface area contributed by atoms with E-state index in [0.29, 0.717) is 5.56 Å². The molecule has 0 unspecified atom stereocenters. The van der Waals surface area contributed by atoms with E-state index in [4.69, 9.17) is 11.9 Å². The SMILES string of the molecule is CC(=O)OCl.O=C(OCl)c1ccccc1. The lowest BCUT2D eigenvalue weighted by atomic mass is 10.2. The van der Waals surface area contributed by atoms with Crippen molar-refractivity contribution in [3.8, 4) is 0 Å². The molecule has 0 saturated heterocycles. The second-order valence-corrected chi connectivity index (χ2v) is 2.61. The molecule has 0 aromatic heterocycles. The van der Waals surface area contributed by atoms with Crippen LogP contribution in [0.1, 0.15) is 17.3 Å². The van der Waals surface area contributed by atoms with Gasteiger partial charge in [-0.1, -0.05) is 18.2 Å². The Kier molecular flexibility index (Phi) is 7.40. The Morgan fingerprint density at radius 1 is 1.07 bits per heavy atom. The average molecular weight is 251 g/mol. The largest absolute Gasteiger partial charge is 0.356 e. The van der Waals surface area contributed by atoms with Crippen LogP contribution in [0.4, 0.5) is 0 Å². The fourth-order valence-electron chi connectivity index (χ4n) is 0.619. The second-order valence-electron chi connectivity index (χ2n) is 2.30. The molecule has 0 aliphatic heterocycles. The van der Waals surface area contributed by atoms with Crippen LogP contribution in [0.3, 0.4) is 0 Å². The van der Waals surface area contributed by atoms with Crippen molar-refractivity contribution < 1.29 is 18.2 Å². The number of carbonyl (C=O) groups excluding carboxylic acids is 2. The second kappa shape index (κ2) is 8.08. The molecule has 15 heavy (non-hydrogen) atoms. The first-order valence-electron chi connectivity index (χ1n) is 3.79. The van der Waals surface area contributed by atoms with Crippen molar-refractivity contribution in [3.05, 3.63) is 35.9 Å². The molecule has 0 fully saturated rings. The summed E-state index contributed by atoms with van der Waals surface area (Å²) in [6, 6.07) is 8.55. The summed E-state index contributed by atoms with van der Waals surface area (Å²) in [7, 11) is 0. The van der Waals surface area contributed by atoms with E-state index in [-0.39, 0.29) is 0 Å². The highest BCUT2D eigenvalue weighted by molar-refractivity contribution is 6.15. The molecule has 0 bridgehead atoms. The van der Waals surface area contributed by atoms with Crippen molar-refractivity contribution in [2.24, 2.45) is 0 Å². The number of hydrogen-bond donors (Lipinski definition) is 0. The summed E-state index contributed by atoms with van der Waals surface area (Å²) in [6.07, 6.45) is 0. The average Bonchev–Trinajstić information content (AvgIpc) is 2.30. The zero-order valence-corrected chi connectivity index (χ0v) is 9.29. The van der Waals surface area contributed by atoms with Crippen LogP contribution in [0.2, 0.25) is 0 Å². The van der Waals surface area contributed by atoms with Gasteiger partial charge in [0.05, 0.1) is 5.56 Å². The minimum absolute atomic E-state index is 0.456. The van der Waals surface area contributed by atoms with Crippen LogP contribution in [0.25, 0.3) is 0 Å². The van der Waals surface area contributed by atoms with E-state index in [1.807, 2.05) is 6.07 Å². The summed E-state index contributed by atoms with van der Waals surface area (Å²) < 4.78 is 7.55. The van der Waals surface area contributed by atoms with E-state index in [1.54, 1.807) is 24.3 Å². The van der Waals surface area contributed by atoms with E-state index in [2.05, 4.69) is 20.4 Å². The van der Waals surface area contributed by atoms with Crippen molar-refractivity contribution >= 4 is 35.7 Å². The van der Waals surface area contributed by atoms with Gasteiger partial charge in [-0.3, -0.25) is 4.79 Å². The Morgan fingerprint density at radius 2 is 1.53 bits per heavy atom. The quantitative estimate of drug-likeness (QED) is 0.769. The summed E-state index contributed by atoms with van der Waals surface area (Å²) in [6.45, 7) is 1.23. The maximum absolute atomic E-state index is 10.7. The van der Waals surface area contributed by atoms with Gasteiger partial charge >= 0.3 is 11.9 Å². The zero-order chi connectivity index (χ0) is 11.7. The lowest BCUT2D eigenvalue weighted by Crippen LogP contribution is -1.96. The Balaban J connectivity index is 0.000000336. The predicted molar refractivity (Wildman–Crippen MR) is 55.3 cm³/mol. The maximum Gasteiger partial charge on any atom is 0.356 e. The van der Waals surface area contributed by atoms with Crippen molar-refractivity contribution in [1.82, 2.24) is 0 Å². The molecule has 0 N–H and O–H groups in total. The van der Waals surface area contributed by atoms with Crippen molar-refractivity contribution in [2.75, 3.05) is 0 Å². The minimum Gasteiger partial charge on any atom is -0.348 e. The van der Waals surface area contributed by atoms with Crippen molar-refractivity contribution in [3.63, 3.8) is 0 Å². The van der Waals surface area contributed by atoms with E-state index < -0.39 is 11.9 Å². The van der Waals surface area contributed by atoms with Gasteiger partial charge in [0.15, 0.2) is 0 Å². The van der Waals surface area contributed by atoms with E-state index in [9.17, 15) is 9.59 Å². The Hall–Kier alpha value is -1.26. The molecule has 0 spiro atoms. The molecule has 0 radical (unpaired) electrons. The molecule has 82 valence electrons. The molecule has 4 nitrogen and oxygen atoms in total. The standard InChI is InChI=1S/C7H5ClO2.C2H3ClO2/c8-10-7(9)6-4-2-1-3-5-6;1-2(4)5-3/h1-5H;1H3. The van der Waals surface area contributed by atoms with Crippen LogP contribution in [0, 0.1) is 0 Å². The van der Waals surface area contributed by atoms with E-state index in [0.717, 1.165) is 0 Å². The van der Waals surface area contributed by atoms with Gasteiger partial charge in [-0.2, -0.15) is 0 Å². The summed E-state index contributed by atoms with van der Waals surface area (Å²) in [5, 5.41) is 0. The third-order valence-electron chi connectivity index (χ3n) is 1.19. The number of hydrogen-bond acceptors (Lipinski definition) is 4. The van der Waals surface area contributed by atoms with Gasteiger partial charge in [0.25, 0.3) is 0 Å². The Labute approximate surface area is 97.0 Å². The van der Waals surface area contributed by atoms with Crippen molar-refractivity contribution in [2.45, 2.75) is 6.92 Å². The van der Waals surface area contributed by atoms with Gasteiger partial charge < -0.3 is 8.58 Å². The fraction of sp³-hybridized carbons (Fsp3) is 0.111. The minimum atomic E-state index is -0.526. The van der Waals surface area contributed by atoms with Crippen LogP contribution >= 0.6 is 23.7 Å². The fourth-order valence-corrected chi connectivity index (χ4v) is 0.708. The first-order chi connectivity index (χ1) is 7.11. The maximum atomic E-state index is 10.7. The third-order valence-corrected chi connectivity index (χ3v) is 1.55. The van der Waals surface area contributed by atoms with Crippen LogP contribution in [-0.4, -0.2) is 11.9 Å². The number of halogens is 2. The van der Waals surface area contributed by atoms with E-state index >= 15 is 0 Å². The van der Waals surface area contributed by atoms with Gasteiger partial charge in [0, 0.05) is 6.92 Å². The van der Waals surface area contributed by atoms with Gasteiger partial charge in [0.1, 0.15) is 23.7 Å². The number of rotatable bonds is 1. The molecule has 1 rings (SSSR count). The zero-order valence-electron chi connectivity index (χ0n) is 7.78. The highest BCUT2D eigenvalue weighted by Crippen LogP contribution is 2.01. The van der Waals surface area contributed by atoms with Crippen molar-refractivity contribution in [1.29, 1.82) is 0 Å². The molecular weight excluding hydrogens is 243 g/mol. The summed E-state index contributed by atoms with van der Waals surface area (Å²) >= 11 is 9.32. The number of carbonyl (C=O) groups is 2. The lowest BCUT2D eigenvalue weighted by Gasteiger charge is -1.92. The van der Waals surface area contributed by atoms with Gasteiger partial charge in [0.2, 0.25) is 0 Å². The highest BCUT2D eigenvalue weighted by Gasteiger charge is 2.02. The highest BCUT2D eigenvalue weighted by atomic mass is 35.5. The van der Waals surface area contributed by atoms with Crippen LogP contribution < -0.4 is 0 Å². The molecule has 0 heterocycles. The first kappa shape index (κ1) is 13.7. The Bertz CT molecular complexity index is 313. The third kappa shape index (κ3) is 6.76. The summed E-state index contributed by atoms with van der Waals surface area (Å²) in [5.41, 5.74) is 0.456. The van der Waals surface area contributed by atoms with Crippen LogP contribution in [-0.2, 0) is 13.4 Å². The molecule has 1 aromatic carbocycles. The van der Waals surface area contributed by atoms with Crippen LogP contribution in [0.5, 0.6) is 0 Å². The summed E-state index contributed by atoms with van der Waals surface area (Å²) in [4.78, 5) is 20.1. The normalized spacial score (nSPS) is 8.20. The van der Waals surface area contributed by atoms with Crippen LogP contribution in [0.15, 0.2) is 30.3 Å². The molecular formula is C9H8Cl2O4. The molecule has 0 atom stereocenters.